The predicted octanol–water partition coefficient (Wildman–Crippen LogP) is 1.29. The van der Waals surface area contributed by atoms with Crippen LogP contribution in [0.5, 0.6) is 0 Å². The summed E-state index contributed by atoms with van der Waals surface area (Å²) in [6.07, 6.45) is 0. The topological polar surface area (TPSA) is 38.0 Å². The molecule has 0 atom stereocenters. The molecule has 14 heavy (non-hydrogen) atoms. The van der Waals surface area contributed by atoms with Gasteiger partial charge in [0.25, 0.3) is 0 Å². The average molecular weight is 202 g/mol. The summed E-state index contributed by atoms with van der Waals surface area (Å²) in [6, 6.07) is 7.91. The molecule has 0 unspecified atom stereocenters. The lowest BCUT2D eigenvalue weighted by Gasteiger charge is -2.03. The van der Waals surface area contributed by atoms with Crippen LogP contribution in [0.3, 0.4) is 0 Å². The largest absolute Gasteiger partial charge is 0.387 e. The molecule has 0 saturated heterocycles. The third-order valence-corrected chi connectivity index (χ3v) is 1.98. The van der Waals surface area contributed by atoms with Crippen molar-refractivity contribution in [2.24, 2.45) is 5.73 Å². The summed E-state index contributed by atoms with van der Waals surface area (Å²) in [7, 11) is 1.85. The van der Waals surface area contributed by atoms with Gasteiger partial charge in [-0.2, -0.15) is 0 Å². The van der Waals surface area contributed by atoms with Crippen molar-refractivity contribution in [1.82, 2.24) is 0 Å². The number of hydrogen-bond donors (Lipinski definition) is 3. The van der Waals surface area contributed by atoms with Gasteiger partial charge < -0.3 is 11.1 Å². The van der Waals surface area contributed by atoms with E-state index < -0.39 is 0 Å². The highest BCUT2D eigenvalue weighted by atomic mass is 32.1. The van der Waals surface area contributed by atoms with Crippen molar-refractivity contribution in [3.63, 3.8) is 0 Å². The van der Waals surface area contributed by atoms with E-state index in [0.29, 0.717) is 0 Å². The second kappa shape index (κ2) is 5.11. The first-order valence-corrected chi connectivity index (χ1v) is 4.45. The lowest BCUT2D eigenvalue weighted by atomic mass is 10.2. The zero-order valence-electron chi connectivity index (χ0n) is 7.76. The number of anilines is 1. The maximum Gasteiger partial charge on any atom is 0.0474 e. The lowest BCUT2D eigenvalue weighted by Crippen LogP contribution is -1.89. The molecule has 0 fully saturated rings. The van der Waals surface area contributed by atoms with Crippen LogP contribution in [0, 0.1) is 23.8 Å². The van der Waals surface area contributed by atoms with Crippen LogP contribution in [0.2, 0.25) is 0 Å². The highest BCUT2D eigenvalue weighted by molar-refractivity contribution is 7.80. The van der Waals surface area contributed by atoms with Crippen LogP contribution in [-0.4, -0.2) is 7.05 Å². The Morgan fingerprint density at radius 1 is 1.36 bits per heavy atom. The van der Waals surface area contributed by atoms with E-state index >= 15 is 0 Å². The summed E-state index contributed by atoms with van der Waals surface area (Å²) < 4.78 is 0. The number of benzene rings is 1. The van der Waals surface area contributed by atoms with Crippen LogP contribution in [0.15, 0.2) is 23.1 Å². The van der Waals surface area contributed by atoms with Gasteiger partial charge in [0.05, 0.1) is 0 Å². The molecule has 1 aromatic rings. The zero-order valence-corrected chi connectivity index (χ0v) is 8.65. The van der Waals surface area contributed by atoms with Gasteiger partial charge in [-0.15, -0.1) is 12.6 Å². The number of nitrogens with one attached hydrogen (secondary N) is 1. The van der Waals surface area contributed by atoms with E-state index in [1.807, 2.05) is 25.2 Å². The normalized spacial score (nSPS) is 7.86. The van der Waals surface area contributed by atoms with Gasteiger partial charge in [-0.3, -0.25) is 0 Å². The maximum atomic E-state index is 4.98. The Labute approximate surface area is 89.3 Å². The Kier molecular flexibility index (Phi) is 3.79. The first kappa shape index (κ1) is 10.4. The molecule has 0 amide bonds. The Hall–Kier alpha value is -1.71. The molecule has 0 heterocycles. The van der Waals surface area contributed by atoms with E-state index in [1.165, 1.54) is 0 Å². The Morgan fingerprint density at radius 2 is 2.14 bits per heavy atom. The minimum atomic E-state index is 0.861. The molecule has 0 bridgehead atoms. The second-order valence-electron chi connectivity index (χ2n) is 2.50. The first-order chi connectivity index (χ1) is 6.77. The van der Waals surface area contributed by atoms with Gasteiger partial charge in [0.1, 0.15) is 0 Å². The summed E-state index contributed by atoms with van der Waals surface area (Å²) in [5.74, 6) is 7.95. The summed E-state index contributed by atoms with van der Waals surface area (Å²) in [5, 5.41) is 3.02. The van der Waals surface area contributed by atoms with Crippen molar-refractivity contribution in [3.05, 3.63) is 23.8 Å². The third-order valence-electron chi connectivity index (χ3n) is 1.61. The van der Waals surface area contributed by atoms with E-state index in [0.717, 1.165) is 16.1 Å². The summed E-state index contributed by atoms with van der Waals surface area (Å²) in [4.78, 5) is 0.861. The SMILES string of the molecule is CNc1ccc(C#CC#CN)cc1S. The van der Waals surface area contributed by atoms with Crippen molar-refractivity contribution in [3.8, 4) is 23.8 Å². The zero-order chi connectivity index (χ0) is 10.4. The van der Waals surface area contributed by atoms with Gasteiger partial charge in [0.15, 0.2) is 0 Å². The molecule has 3 heteroatoms. The van der Waals surface area contributed by atoms with Crippen molar-refractivity contribution >= 4 is 18.3 Å². The molecule has 0 aliphatic heterocycles. The summed E-state index contributed by atoms with van der Waals surface area (Å²) in [6.45, 7) is 0. The van der Waals surface area contributed by atoms with Gasteiger partial charge >= 0.3 is 0 Å². The van der Waals surface area contributed by atoms with E-state index in [9.17, 15) is 0 Å². The molecule has 1 rings (SSSR count). The van der Waals surface area contributed by atoms with Gasteiger partial charge in [-0.05, 0) is 24.1 Å². The van der Waals surface area contributed by atoms with Crippen molar-refractivity contribution < 1.29 is 0 Å². The molecular weight excluding hydrogens is 192 g/mol. The van der Waals surface area contributed by atoms with Crippen LogP contribution < -0.4 is 11.1 Å². The van der Waals surface area contributed by atoms with Gasteiger partial charge in [-0.1, -0.05) is 5.92 Å². The van der Waals surface area contributed by atoms with E-state index in [1.54, 1.807) is 0 Å². The van der Waals surface area contributed by atoms with Gasteiger partial charge in [-0.25, -0.2) is 0 Å². The van der Waals surface area contributed by atoms with Crippen LogP contribution in [0.25, 0.3) is 0 Å². The van der Waals surface area contributed by atoms with E-state index in [2.05, 4.69) is 41.8 Å². The van der Waals surface area contributed by atoms with Crippen molar-refractivity contribution in [2.45, 2.75) is 4.90 Å². The molecule has 3 N–H and O–H groups in total. The Balaban J connectivity index is 2.97. The molecule has 0 saturated carbocycles. The predicted molar refractivity (Wildman–Crippen MR) is 62.1 cm³/mol. The highest BCUT2D eigenvalue weighted by Crippen LogP contribution is 2.19. The molecule has 0 radical (unpaired) electrons. The summed E-state index contributed by atoms with van der Waals surface area (Å²) >= 11 is 4.30. The monoisotopic (exact) mass is 202 g/mol. The van der Waals surface area contributed by atoms with Crippen LogP contribution in [-0.2, 0) is 0 Å². The van der Waals surface area contributed by atoms with Gasteiger partial charge in [0.2, 0.25) is 0 Å². The smallest absolute Gasteiger partial charge is 0.0474 e. The van der Waals surface area contributed by atoms with Crippen molar-refractivity contribution in [2.75, 3.05) is 12.4 Å². The standard InChI is InChI=1S/C11H10N2S/c1-13-10-6-5-9(8-11(10)14)4-2-3-7-12/h5-6,8,13-14H,12H2,1H3. The average Bonchev–Trinajstić information content (AvgIpc) is 2.18. The highest BCUT2D eigenvalue weighted by Gasteiger charge is 1.95. The number of thiol groups is 1. The molecular formula is C11H10N2S. The lowest BCUT2D eigenvalue weighted by molar-refractivity contribution is 1.38. The van der Waals surface area contributed by atoms with Crippen LogP contribution in [0.1, 0.15) is 5.56 Å². The third kappa shape index (κ3) is 2.65. The fourth-order valence-electron chi connectivity index (χ4n) is 0.960. The Bertz CT molecular complexity index is 444. The first-order valence-electron chi connectivity index (χ1n) is 4.00. The molecule has 0 aromatic heterocycles. The molecule has 0 aliphatic rings. The molecule has 0 aliphatic carbocycles. The van der Waals surface area contributed by atoms with E-state index in [-0.39, 0.29) is 0 Å². The maximum absolute atomic E-state index is 4.98. The minimum absolute atomic E-state index is 0.861. The van der Waals surface area contributed by atoms with Crippen LogP contribution >= 0.6 is 12.6 Å². The molecule has 70 valence electrons. The fourth-order valence-corrected chi connectivity index (χ4v) is 1.29. The fraction of sp³-hybridized carbons (Fsp3) is 0.0909. The molecule has 2 nitrogen and oxygen atoms in total. The molecule has 1 aromatic carbocycles. The summed E-state index contributed by atoms with van der Waals surface area (Å²) in [5.41, 5.74) is 6.83. The number of rotatable bonds is 1. The number of nitrogens with two attached hydrogens (primary N) is 1. The Morgan fingerprint density at radius 3 is 2.71 bits per heavy atom. The molecule has 0 spiro atoms. The van der Waals surface area contributed by atoms with E-state index in [4.69, 9.17) is 5.73 Å². The quantitative estimate of drug-likeness (QED) is 0.365. The van der Waals surface area contributed by atoms with Crippen LogP contribution in [0.4, 0.5) is 5.69 Å². The minimum Gasteiger partial charge on any atom is -0.387 e. The number of hydrogen-bond acceptors (Lipinski definition) is 3. The second-order valence-corrected chi connectivity index (χ2v) is 2.98. The van der Waals surface area contributed by atoms with Crippen molar-refractivity contribution in [1.29, 1.82) is 0 Å². The van der Waals surface area contributed by atoms with Gasteiger partial charge in [0, 0.05) is 35.2 Å².